The van der Waals surface area contributed by atoms with Gasteiger partial charge < -0.3 is 9.52 Å². The summed E-state index contributed by atoms with van der Waals surface area (Å²) in [5, 5.41) is 9.89. The Morgan fingerprint density at radius 1 is 0.930 bits per heavy atom. The zero-order valence-electron chi connectivity index (χ0n) is 23.0. The van der Waals surface area contributed by atoms with E-state index in [2.05, 4.69) is 4.98 Å². The lowest BCUT2D eigenvalue weighted by molar-refractivity contribution is -0.153. The van der Waals surface area contributed by atoms with Crippen molar-refractivity contribution in [3.63, 3.8) is 0 Å². The summed E-state index contributed by atoms with van der Waals surface area (Å²) >= 11 is 0. The molecule has 0 amide bonds. The third kappa shape index (κ3) is 6.95. The topological polar surface area (TPSA) is 101 Å². The van der Waals surface area contributed by atoms with E-state index in [-0.39, 0.29) is 23.2 Å². The summed E-state index contributed by atoms with van der Waals surface area (Å²) in [6.07, 6.45) is -2.88. The second-order valence-electron chi connectivity index (χ2n) is 10.1. The van der Waals surface area contributed by atoms with Gasteiger partial charge in [0.2, 0.25) is 5.76 Å². The smallest absolute Gasteiger partial charge is 0.449 e. The number of halogens is 3. The Hall–Kier alpha value is -4.48. The number of aromatic nitrogens is 1. The van der Waals surface area contributed by atoms with E-state index in [9.17, 15) is 26.4 Å². The lowest BCUT2D eigenvalue weighted by atomic mass is 9.99. The summed E-state index contributed by atoms with van der Waals surface area (Å²) in [6.45, 7) is 2.46. The van der Waals surface area contributed by atoms with Crippen LogP contribution in [0.4, 0.5) is 13.2 Å². The summed E-state index contributed by atoms with van der Waals surface area (Å²) in [5.41, 5.74) is 3.95. The third-order valence-corrected chi connectivity index (χ3v) is 8.76. The Morgan fingerprint density at radius 2 is 1.67 bits per heavy atom. The first-order valence-electron chi connectivity index (χ1n) is 13.3. The zero-order valence-corrected chi connectivity index (χ0v) is 23.8. The Kier molecular flexibility index (Phi) is 8.38. The van der Waals surface area contributed by atoms with E-state index in [1.165, 1.54) is 18.2 Å². The monoisotopic (exact) mass is 608 g/mol. The number of fused-ring (bicyclic) bond motifs is 1. The van der Waals surface area contributed by atoms with Crippen LogP contribution in [0.25, 0.3) is 22.0 Å². The average Bonchev–Trinajstić information content (AvgIpc) is 3.45. The van der Waals surface area contributed by atoms with Crippen molar-refractivity contribution in [1.82, 2.24) is 9.88 Å². The van der Waals surface area contributed by atoms with Gasteiger partial charge in [-0.25, -0.2) is 8.42 Å². The first-order chi connectivity index (χ1) is 20.4. The molecule has 5 rings (SSSR count). The number of rotatable bonds is 10. The number of nitrogens with zero attached hydrogens (tertiary/aromatic N) is 2. The van der Waals surface area contributed by atoms with Crippen LogP contribution < -0.4 is 0 Å². The van der Waals surface area contributed by atoms with E-state index in [4.69, 9.17) is 9.52 Å². The molecule has 1 unspecified atom stereocenters. The standard InChI is InChI=1S/C32H27F3N2O5S/c1-21(27-7-3-9-29-28(27)8-4-16-36-29)37(19-25-14-15-30(42-25)32(33,34)35)18-22-10-12-23(13-11-22)24-5-2-6-26(17-24)43(40,41)20-31(38)39/h2-17,21H,18-20H2,1H3,(H,38,39). The quantitative estimate of drug-likeness (QED) is 0.180. The number of pyridine rings is 1. The van der Waals surface area contributed by atoms with Gasteiger partial charge in [0.15, 0.2) is 15.6 Å². The molecule has 222 valence electrons. The molecule has 43 heavy (non-hydrogen) atoms. The molecule has 0 saturated heterocycles. The minimum atomic E-state index is -4.59. The molecule has 3 aromatic carbocycles. The second-order valence-corrected chi connectivity index (χ2v) is 12.1. The Labute approximate surface area is 246 Å². The molecule has 7 nitrogen and oxygen atoms in total. The summed E-state index contributed by atoms with van der Waals surface area (Å²) in [5.74, 6) is -3.32. The molecule has 0 saturated carbocycles. The first-order valence-corrected chi connectivity index (χ1v) is 14.9. The van der Waals surface area contributed by atoms with Crippen LogP contribution in [0, 0.1) is 0 Å². The van der Waals surface area contributed by atoms with Crippen molar-refractivity contribution in [2.45, 2.75) is 37.1 Å². The van der Waals surface area contributed by atoms with Gasteiger partial charge in [0.1, 0.15) is 5.76 Å². The lowest BCUT2D eigenvalue weighted by Gasteiger charge is -2.29. The van der Waals surface area contributed by atoms with Gasteiger partial charge in [0.05, 0.1) is 17.0 Å². The number of alkyl halides is 3. The number of carbonyl (C=O) groups is 1. The van der Waals surface area contributed by atoms with Gasteiger partial charge in [-0.2, -0.15) is 13.2 Å². The van der Waals surface area contributed by atoms with Crippen molar-refractivity contribution in [2.24, 2.45) is 0 Å². The number of benzene rings is 3. The number of furan rings is 1. The highest BCUT2D eigenvalue weighted by atomic mass is 32.2. The van der Waals surface area contributed by atoms with Crippen LogP contribution in [-0.2, 0) is 33.9 Å². The van der Waals surface area contributed by atoms with Gasteiger partial charge in [-0.05, 0) is 65.6 Å². The fourth-order valence-electron chi connectivity index (χ4n) is 4.99. The summed E-state index contributed by atoms with van der Waals surface area (Å²) < 4.78 is 69.7. The van der Waals surface area contributed by atoms with Crippen LogP contribution in [0.3, 0.4) is 0 Å². The number of aliphatic carboxylic acids is 1. The fourth-order valence-corrected chi connectivity index (χ4v) is 6.07. The van der Waals surface area contributed by atoms with Gasteiger partial charge in [-0.1, -0.05) is 54.6 Å². The van der Waals surface area contributed by atoms with Crippen molar-refractivity contribution < 1.29 is 35.9 Å². The van der Waals surface area contributed by atoms with Gasteiger partial charge in [0, 0.05) is 24.2 Å². The molecule has 2 aromatic heterocycles. The summed E-state index contributed by atoms with van der Waals surface area (Å²) in [6, 6.07) is 25.0. The van der Waals surface area contributed by atoms with E-state index in [1.54, 1.807) is 18.3 Å². The van der Waals surface area contributed by atoms with Gasteiger partial charge in [-0.15, -0.1) is 0 Å². The molecule has 0 aliphatic carbocycles. The molecule has 0 radical (unpaired) electrons. The van der Waals surface area contributed by atoms with E-state index in [0.717, 1.165) is 33.7 Å². The molecule has 0 bridgehead atoms. The Morgan fingerprint density at radius 3 is 2.37 bits per heavy atom. The molecular weight excluding hydrogens is 581 g/mol. The first kappa shape index (κ1) is 30.0. The van der Waals surface area contributed by atoms with Gasteiger partial charge in [-0.3, -0.25) is 14.7 Å². The van der Waals surface area contributed by atoms with Crippen molar-refractivity contribution >= 4 is 26.7 Å². The van der Waals surface area contributed by atoms with Crippen LogP contribution in [0.15, 0.2) is 107 Å². The van der Waals surface area contributed by atoms with E-state index >= 15 is 0 Å². The van der Waals surface area contributed by atoms with Crippen LogP contribution in [0.5, 0.6) is 0 Å². The van der Waals surface area contributed by atoms with Crippen LogP contribution >= 0.6 is 0 Å². The number of carboxylic acid groups (broad SMARTS) is 1. The van der Waals surface area contributed by atoms with Gasteiger partial charge in [0.25, 0.3) is 0 Å². The minimum Gasteiger partial charge on any atom is -0.480 e. The Bertz CT molecular complexity index is 1860. The van der Waals surface area contributed by atoms with Crippen molar-refractivity contribution in [1.29, 1.82) is 0 Å². The maximum atomic E-state index is 13.2. The number of hydrogen-bond acceptors (Lipinski definition) is 6. The summed E-state index contributed by atoms with van der Waals surface area (Å²) in [4.78, 5) is 17.3. The molecule has 1 atom stereocenters. The molecule has 0 aliphatic rings. The normalized spacial score (nSPS) is 13.0. The minimum absolute atomic E-state index is 0.0854. The Balaban J connectivity index is 1.44. The van der Waals surface area contributed by atoms with Crippen LogP contribution in [0.1, 0.15) is 35.6 Å². The molecule has 11 heteroatoms. The van der Waals surface area contributed by atoms with Crippen molar-refractivity contribution in [2.75, 3.05) is 5.75 Å². The maximum absolute atomic E-state index is 13.2. The van der Waals surface area contributed by atoms with Crippen molar-refractivity contribution in [3.8, 4) is 11.1 Å². The highest BCUT2D eigenvalue weighted by Crippen LogP contribution is 2.34. The number of sulfone groups is 1. The molecular formula is C32H27F3N2O5S. The number of carboxylic acids is 1. The zero-order chi connectivity index (χ0) is 30.8. The van der Waals surface area contributed by atoms with Crippen LogP contribution in [-0.4, -0.2) is 35.1 Å². The average molecular weight is 609 g/mol. The lowest BCUT2D eigenvalue weighted by Crippen LogP contribution is -2.26. The van der Waals surface area contributed by atoms with Crippen molar-refractivity contribution in [3.05, 3.63) is 120 Å². The van der Waals surface area contributed by atoms with Crippen LogP contribution in [0.2, 0.25) is 0 Å². The van der Waals surface area contributed by atoms with Gasteiger partial charge >= 0.3 is 12.1 Å². The predicted octanol–water partition coefficient (Wildman–Crippen LogP) is 7.14. The van der Waals surface area contributed by atoms with E-state index in [1.807, 2.05) is 66.4 Å². The highest BCUT2D eigenvalue weighted by molar-refractivity contribution is 7.92. The summed E-state index contributed by atoms with van der Waals surface area (Å²) in [7, 11) is -3.99. The molecule has 0 spiro atoms. The number of hydrogen-bond donors (Lipinski definition) is 1. The molecule has 0 aliphatic heterocycles. The highest BCUT2D eigenvalue weighted by Gasteiger charge is 2.35. The SMILES string of the molecule is CC(c1cccc2ncccc12)N(Cc1ccc(-c2cccc(S(=O)(=O)CC(=O)O)c2)cc1)Cc1ccc(C(F)(F)F)o1. The maximum Gasteiger partial charge on any atom is 0.449 e. The van der Waals surface area contributed by atoms with E-state index < -0.39 is 33.5 Å². The second kappa shape index (κ2) is 12.0. The van der Waals surface area contributed by atoms with E-state index in [0.29, 0.717) is 12.1 Å². The fraction of sp³-hybridized carbons (Fsp3) is 0.188. The molecule has 2 heterocycles. The molecule has 5 aromatic rings. The largest absolute Gasteiger partial charge is 0.480 e. The molecule has 0 fully saturated rings. The predicted molar refractivity (Wildman–Crippen MR) is 155 cm³/mol. The molecule has 1 N–H and O–H groups in total. The third-order valence-electron chi connectivity index (χ3n) is 7.16.